The second kappa shape index (κ2) is 9.71. The molecule has 0 aliphatic carbocycles. The number of anilines is 1. The number of hydrogen-bond donors (Lipinski definition) is 1. The van der Waals surface area contributed by atoms with E-state index in [-0.39, 0.29) is 27.9 Å². The average molecular weight is 467 g/mol. The highest BCUT2D eigenvalue weighted by atomic mass is 35.5. The second-order valence-corrected chi connectivity index (χ2v) is 11.6. The molecule has 12 heteroatoms. The Kier molecular flexibility index (Phi) is 8.05. The topological polar surface area (TPSA) is 107 Å². The Hall–Kier alpha value is -1.24. The molecule has 1 aliphatic heterocycles. The molecule has 0 saturated carbocycles. The summed E-state index contributed by atoms with van der Waals surface area (Å²) < 4.78 is 50.4. The molecule has 1 heterocycles. The molecular weight excluding hydrogens is 440 g/mol. The molecule has 1 fully saturated rings. The molecule has 0 aromatic heterocycles. The lowest BCUT2D eigenvalue weighted by Crippen LogP contribution is -2.35. The molecule has 1 aromatic rings. The first-order valence-electron chi connectivity index (χ1n) is 9.10. The number of sulfonamides is 2. The number of benzene rings is 1. The van der Waals surface area contributed by atoms with Crippen molar-refractivity contribution >= 4 is 43.2 Å². The van der Waals surface area contributed by atoms with Crippen LogP contribution >= 0.6 is 11.6 Å². The number of halogens is 1. The smallest absolute Gasteiger partial charge is 0.242 e. The van der Waals surface area contributed by atoms with Gasteiger partial charge in [0.15, 0.2) is 0 Å². The summed E-state index contributed by atoms with van der Waals surface area (Å²) in [5.41, 5.74) is 0.235. The Morgan fingerprint density at radius 1 is 1.14 bits per heavy atom. The number of amides is 1. The standard InChI is InChI=1S/C17H27ClN4O5S2/c1-20(2)29(26,27)14-5-6-15(18)16(13-14)19-17(23)7-10-21-8-4-9-22(12-11-21)28(3,24)25/h5-6,13H,4,7-12H2,1-3H3,(H,19,23). The van der Waals surface area contributed by atoms with E-state index in [9.17, 15) is 21.6 Å². The Morgan fingerprint density at radius 2 is 1.83 bits per heavy atom. The van der Waals surface area contributed by atoms with Crippen LogP contribution in [0.15, 0.2) is 23.1 Å². The lowest BCUT2D eigenvalue weighted by Gasteiger charge is -2.20. The zero-order chi connectivity index (χ0) is 21.8. The Balaban J connectivity index is 1.96. The fraction of sp³-hybridized carbons (Fsp3) is 0.588. The van der Waals surface area contributed by atoms with Gasteiger partial charge in [-0.2, -0.15) is 0 Å². The monoisotopic (exact) mass is 466 g/mol. The van der Waals surface area contributed by atoms with E-state index < -0.39 is 20.0 Å². The molecule has 1 amide bonds. The fourth-order valence-corrected chi connectivity index (χ4v) is 4.91. The van der Waals surface area contributed by atoms with Crippen LogP contribution in [0.3, 0.4) is 0 Å². The van der Waals surface area contributed by atoms with Gasteiger partial charge in [-0.3, -0.25) is 4.79 Å². The zero-order valence-electron chi connectivity index (χ0n) is 16.8. The van der Waals surface area contributed by atoms with Crippen LogP contribution in [0.4, 0.5) is 5.69 Å². The van der Waals surface area contributed by atoms with Crippen molar-refractivity contribution in [1.29, 1.82) is 0 Å². The fourth-order valence-electron chi connectivity index (χ4n) is 2.95. The van der Waals surface area contributed by atoms with E-state index in [1.807, 2.05) is 4.90 Å². The van der Waals surface area contributed by atoms with Gasteiger partial charge in [-0.15, -0.1) is 0 Å². The van der Waals surface area contributed by atoms with E-state index in [2.05, 4.69) is 5.32 Å². The first-order chi connectivity index (χ1) is 13.4. The van der Waals surface area contributed by atoms with Gasteiger partial charge in [-0.05, 0) is 31.2 Å². The van der Waals surface area contributed by atoms with Crippen molar-refractivity contribution in [1.82, 2.24) is 13.5 Å². The Morgan fingerprint density at radius 3 is 2.45 bits per heavy atom. The van der Waals surface area contributed by atoms with Gasteiger partial charge < -0.3 is 10.2 Å². The summed E-state index contributed by atoms with van der Waals surface area (Å²) in [6, 6.07) is 4.16. The van der Waals surface area contributed by atoms with E-state index in [1.165, 1.54) is 42.9 Å². The number of nitrogens with one attached hydrogen (secondary N) is 1. The highest BCUT2D eigenvalue weighted by molar-refractivity contribution is 7.89. The summed E-state index contributed by atoms with van der Waals surface area (Å²) in [7, 11) is -4.00. The predicted molar refractivity (Wildman–Crippen MR) is 113 cm³/mol. The van der Waals surface area contributed by atoms with E-state index in [0.29, 0.717) is 39.1 Å². The average Bonchev–Trinajstić information content (AvgIpc) is 2.87. The first kappa shape index (κ1) is 24.0. The molecule has 0 spiro atoms. The van der Waals surface area contributed by atoms with Crippen molar-refractivity contribution in [3.8, 4) is 0 Å². The summed E-state index contributed by atoms with van der Waals surface area (Å²) in [6.45, 7) is 2.60. The molecule has 1 saturated heterocycles. The maximum absolute atomic E-state index is 12.3. The molecule has 0 bridgehead atoms. The van der Waals surface area contributed by atoms with Crippen molar-refractivity contribution in [2.75, 3.05) is 58.4 Å². The zero-order valence-corrected chi connectivity index (χ0v) is 19.1. The third-order valence-electron chi connectivity index (χ3n) is 4.66. The van der Waals surface area contributed by atoms with Crippen molar-refractivity contribution in [3.05, 3.63) is 23.2 Å². The second-order valence-electron chi connectivity index (χ2n) is 7.08. The minimum Gasteiger partial charge on any atom is -0.325 e. The maximum atomic E-state index is 12.3. The first-order valence-corrected chi connectivity index (χ1v) is 12.8. The third-order valence-corrected chi connectivity index (χ3v) is 8.11. The molecule has 2 rings (SSSR count). The molecule has 9 nitrogen and oxygen atoms in total. The van der Waals surface area contributed by atoms with Crippen molar-refractivity contribution in [2.24, 2.45) is 0 Å². The van der Waals surface area contributed by atoms with E-state index in [0.717, 1.165) is 4.31 Å². The largest absolute Gasteiger partial charge is 0.325 e. The summed E-state index contributed by atoms with van der Waals surface area (Å²) in [5, 5.41) is 2.91. The molecular formula is C17H27ClN4O5S2. The number of rotatable bonds is 7. The molecule has 29 heavy (non-hydrogen) atoms. The third kappa shape index (κ3) is 6.63. The minimum absolute atomic E-state index is 0.0376. The number of carbonyl (C=O) groups is 1. The van der Waals surface area contributed by atoms with Gasteiger partial charge >= 0.3 is 0 Å². The van der Waals surface area contributed by atoms with Gasteiger partial charge in [0, 0.05) is 46.7 Å². The summed E-state index contributed by atoms with van der Waals surface area (Å²) in [5.74, 6) is -0.296. The number of carbonyl (C=O) groups excluding carboxylic acids is 1. The summed E-state index contributed by atoms with van der Waals surface area (Å²) in [6.07, 6.45) is 2.08. The van der Waals surface area contributed by atoms with E-state index >= 15 is 0 Å². The molecule has 0 atom stereocenters. The van der Waals surface area contributed by atoms with Crippen LogP contribution in [0.1, 0.15) is 12.8 Å². The molecule has 0 radical (unpaired) electrons. The van der Waals surface area contributed by atoms with Crippen LogP contribution in [0.2, 0.25) is 5.02 Å². The van der Waals surface area contributed by atoms with Gasteiger partial charge in [0.25, 0.3) is 0 Å². The van der Waals surface area contributed by atoms with Crippen LogP contribution < -0.4 is 5.32 Å². The highest BCUT2D eigenvalue weighted by Gasteiger charge is 2.22. The normalized spacial score (nSPS) is 17.3. The van der Waals surface area contributed by atoms with Crippen LogP contribution in [0.25, 0.3) is 0 Å². The van der Waals surface area contributed by atoms with Gasteiger partial charge in [-0.1, -0.05) is 11.6 Å². The predicted octanol–water partition coefficient (Wildman–Crippen LogP) is 0.886. The molecule has 1 aromatic carbocycles. The minimum atomic E-state index is -3.64. The van der Waals surface area contributed by atoms with Crippen LogP contribution in [-0.4, -0.2) is 89.3 Å². The van der Waals surface area contributed by atoms with Crippen LogP contribution in [-0.2, 0) is 24.8 Å². The van der Waals surface area contributed by atoms with Gasteiger partial charge in [0.2, 0.25) is 26.0 Å². The summed E-state index contributed by atoms with van der Waals surface area (Å²) in [4.78, 5) is 14.4. The van der Waals surface area contributed by atoms with Crippen molar-refractivity contribution in [3.63, 3.8) is 0 Å². The van der Waals surface area contributed by atoms with Crippen LogP contribution in [0, 0.1) is 0 Å². The number of nitrogens with zero attached hydrogens (tertiary/aromatic N) is 3. The molecule has 0 unspecified atom stereocenters. The Bertz CT molecular complexity index is 951. The van der Waals surface area contributed by atoms with Gasteiger partial charge in [0.05, 0.1) is 21.9 Å². The van der Waals surface area contributed by atoms with Crippen molar-refractivity contribution in [2.45, 2.75) is 17.7 Å². The van der Waals surface area contributed by atoms with Gasteiger partial charge in [-0.25, -0.2) is 25.4 Å². The number of hydrogen-bond acceptors (Lipinski definition) is 6. The lowest BCUT2D eigenvalue weighted by atomic mass is 10.3. The van der Waals surface area contributed by atoms with E-state index in [4.69, 9.17) is 11.6 Å². The molecule has 1 aliphatic rings. The SMILES string of the molecule is CN(C)S(=O)(=O)c1ccc(Cl)c(NC(=O)CCN2CCCN(S(C)(=O)=O)CC2)c1. The summed E-state index contributed by atoms with van der Waals surface area (Å²) >= 11 is 6.10. The molecule has 1 N–H and O–H groups in total. The quantitative estimate of drug-likeness (QED) is 0.639. The Labute approximate surface area is 177 Å². The van der Waals surface area contributed by atoms with E-state index in [1.54, 1.807) is 0 Å². The highest BCUT2D eigenvalue weighted by Crippen LogP contribution is 2.26. The van der Waals surface area contributed by atoms with Crippen LogP contribution in [0.5, 0.6) is 0 Å². The van der Waals surface area contributed by atoms with Gasteiger partial charge in [0.1, 0.15) is 0 Å². The van der Waals surface area contributed by atoms with Crippen molar-refractivity contribution < 1.29 is 21.6 Å². The maximum Gasteiger partial charge on any atom is 0.242 e. The lowest BCUT2D eigenvalue weighted by molar-refractivity contribution is -0.116. The molecule has 164 valence electrons.